The number of carbonyl (C=O) groups excluding carboxylic acids is 1. The van der Waals surface area contributed by atoms with Gasteiger partial charge in [-0.2, -0.15) is 4.31 Å². The Labute approximate surface area is 146 Å². The first-order valence-electron chi connectivity index (χ1n) is 8.09. The van der Waals surface area contributed by atoms with E-state index in [9.17, 15) is 13.2 Å². The lowest BCUT2D eigenvalue weighted by Gasteiger charge is -2.36. The molecule has 1 fully saturated rings. The van der Waals surface area contributed by atoms with Crippen molar-refractivity contribution in [3.63, 3.8) is 0 Å². The summed E-state index contributed by atoms with van der Waals surface area (Å²) in [6.45, 7) is 4.53. The van der Waals surface area contributed by atoms with Gasteiger partial charge in [-0.3, -0.25) is 9.78 Å². The highest BCUT2D eigenvalue weighted by Crippen LogP contribution is 2.36. The number of piperazine rings is 1. The summed E-state index contributed by atoms with van der Waals surface area (Å²) in [6, 6.07) is 6.50. The maximum atomic E-state index is 12.9. The number of aromatic nitrogens is 2. The van der Waals surface area contributed by atoms with E-state index in [1.165, 1.54) is 10.4 Å². The van der Waals surface area contributed by atoms with Crippen LogP contribution in [0.5, 0.6) is 0 Å². The van der Waals surface area contributed by atoms with Gasteiger partial charge < -0.3 is 4.90 Å². The minimum Gasteiger partial charge on any atom is -0.327 e. The zero-order valence-corrected chi connectivity index (χ0v) is 14.8. The highest BCUT2D eigenvalue weighted by molar-refractivity contribution is 7.89. The number of nitrogens with zero attached hydrogens (tertiary/aromatic N) is 4. The van der Waals surface area contributed by atoms with Crippen LogP contribution >= 0.6 is 0 Å². The van der Waals surface area contributed by atoms with Gasteiger partial charge in [0, 0.05) is 31.5 Å². The van der Waals surface area contributed by atoms with Crippen molar-refractivity contribution in [2.75, 3.05) is 19.6 Å². The Hall–Kier alpha value is -2.32. The molecule has 0 aromatic carbocycles. The number of amides is 1. The van der Waals surface area contributed by atoms with Gasteiger partial charge in [-0.15, -0.1) is 0 Å². The molecule has 2 aliphatic heterocycles. The molecule has 0 aliphatic carbocycles. The van der Waals surface area contributed by atoms with Crippen molar-refractivity contribution in [3.05, 3.63) is 53.0 Å². The summed E-state index contributed by atoms with van der Waals surface area (Å²) in [5, 5.41) is 0.0355. The van der Waals surface area contributed by atoms with Crippen molar-refractivity contribution in [3.8, 4) is 0 Å². The fraction of sp³-hybridized carbons (Fsp3) is 0.353. The SMILES string of the molecule is Cc1ccc(S(=O)(=O)N2CCN3C(=O)c4ccc(C)nc4C3C2)nc1. The van der Waals surface area contributed by atoms with Crippen molar-refractivity contribution in [2.24, 2.45) is 0 Å². The summed E-state index contributed by atoms with van der Waals surface area (Å²) < 4.78 is 27.2. The molecule has 1 atom stereocenters. The molecule has 0 spiro atoms. The molecule has 1 unspecified atom stereocenters. The van der Waals surface area contributed by atoms with Gasteiger partial charge in [0.1, 0.15) is 0 Å². The Morgan fingerprint density at radius 3 is 2.64 bits per heavy atom. The lowest BCUT2D eigenvalue weighted by atomic mass is 10.1. The van der Waals surface area contributed by atoms with E-state index in [1.807, 2.05) is 13.8 Å². The lowest BCUT2D eigenvalue weighted by Crippen LogP contribution is -2.49. The van der Waals surface area contributed by atoms with Gasteiger partial charge >= 0.3 is 0 Å². The van der Waals surface area contributed by atoms with Crippen LogP contribution < -0.4 is 0 Å². The smallest absolute Gasteiger partial charge is 0.260 e. The monoisotopic (exact) mass is 358 g/mol. The third-order valence-corrected chi connectivity index (χ3v) is 6.48. The van der Waals surface area contributed by atoms with Crippen LogP contribution in [0.25, 0.3) is 0 Å². The molecule has 130 valence electrons. The summed E-state index contributed by atoms with van der Waals surface area (Å²) in [4.78, 5) is 22.8. The molecule has 8 heteroatoms. The lowest BCUT2D eigenvalue weighted by molar-refractivity contribution is 0.0625. The number of pyridine rings is 2. The van der Waals surface area contributed by atoms with Crippen LogP contribution in [0.4, 0.5) is 0 Å². The first kappa shape index (κ1) is 16.2. The molecule has 7 nitrogen and oxygen atoms in total. The zero-order valence-electron chi connectivity index (χ0n) is 14.0. The Morgan fingerprint density at radius 1 is 1.12 bits per heavy atom. The number of rotatable bonds is 2. The molecule has 4 rings (SSSR count). The topological polar surface area (TPSA) is 83.5 Å². The number of aryl methyl sites for hydroxylation is 2. The van der Waals surface area contributed by atoms with Crippen molar-refractivity contribution >= 4 is 15.9 Å². The van der Waals surface area contributed by atoms with Crippen LogP contribution in [0, 0.1) is 13.8 Å². The second-order valence-corrected chi connectivity index (χ2v) is 8.32. The molecule has 2 aromatic rings. The molecule has 0 N–H and O–H groups in total. The van der Waals surface area contributed by atoms with E-state index in [1.54, 1.807) is 29.3 Å². The average molecular weight is 358 g/mol. The molecular formula is C17H18N4O3S. The Balaban J connectivity index is 1.68. The number of sulfonamides is 1. The molecule has 2 aliphatic rings. The van der Waals surface area contributed by atoms with Crippen molar-refractivity contribution in [1.82, 2.24) is 19.2 Å². The summed E-state index contributed by atoms with van der Waals surface area (Å²) in [6.07, 6.45) is 1.54. The predicted octanol–water partition coefficient (Wildman–Crippen LogP) is 1.29. The third-order valence-electron chi connectivity index (χ3n) is 4.70. The largest absolute Gasteiger partial charge is 0.327 e. The molecule has 4 heterocycles. The van der Waals surface area contributed by atoms with E-state index in [2.05, 4.69) is 9.97 Å². The van der Waals surface area contributed by atoms with Gasteiger partial charge in [-0.1, -0.05) is 6.07 Å². The molecule has 2 aromatic heterocycles. The Bertz CT molecular complexity index is 956. The molecular weight excluding hydrogens is 340 g/mol. The van der Waals surface area contributed by atoms with Crippen molar-refractivity contribution in [2.45, 2.75) is 24.9 Å². The first-order valence-corrected chi connectivity index (χ1v) is 9.53. The van der Waals surface area contributed by atoms with E-state index >= 15 is 0 Å². The number of fused-ring (bicyclic) bond motifs is 3. The molecule has 1 saturated heterocycles. The second kappa shape index (κ2) is 5.60. The summed E-state index contributed by atoms with van der Waals surface area (Å²) in [5.74, 6) is -0.0713. The van der Waals surface area contributed by atoms with Crippen LogP contribution in [0.15, 0.2) is 35.5 Å². The van der Waals surface area contributed by atoms with Crippen molar-refractivity contribution < 1.29 is 13.2 Å². The van der Waals surface area contributed by atoms with E-state index in [4.69, 9.17) is 0 Å². The van der Waals surface area contributed by atoms with E-state index < -0.39 is 10.0 Å². The van der Waals surface area contributed by atoms with Gasteiger partial charge in [0.2, 0.25) is 0 Å². The third kappa shape index (κ3) is 2.52. The highest BCUT2D eigenvalue weighted by atomic mass is 32.2. The minimum atomic E-state index is -3.69. The molecule has 0 bridgehead atoms. The maximum absolute atomic E-state index is 12.9. The van der Waals surface area contributed by atoms with Gasteiger partial charge in [0.25, 0.3) is 15.9 Å². The van der Waals surface area contributed by atoms with Gasteiger partial charge in [-0.25, -0.2) is 13.4 Å². The van der Waals surface area contributed by atoms with E-state index in [0.717, 1.165) is 11.3 Å². The Morgan fingerprint density at radius 2 is 1.92 bits per heavy atom. The molecule has 1 amide bonds. The molecule has 0 saturated carbocycles. The summed E-state index contributed by atoms with van der Waals surface area (Å²) in [5.41, 5.74) is 2.96. The summed E-state index contributed by atoms with van der Waals surface area (Å²) >= 11 is 0. The first-order chi connectivity index (χ1) is 11.9. The van der Waals surface area contributed by atoms with Gasteiger partial charge in [0.15, 0.2) is 5.03 Å². The standard InChI is InChI=1S/C17H18N4O3S/c1-11-3-6-15(18-9-11)25(23,24)20-7-8-21-14(10-20)16-13(17(21)22)5-4-12(2)19-16/h3-6,9,14H,7-8,10H2,1-2H3. The van der Waals surface area contributed by atoms with Crippen LogP contribution in [0.1, 0.15) is 33.4 Å². The molecule has 0 radical (unpaired) electrons. The molecule has 25 heavy (non-hydrogen) atoms. The Kier molecular flexibility index (Phi) is 3.62. The predicted molar refractivity (Wildman–Crippen MR) is 90.5 cm³/mol. The van der Waals surface area contributed by atoms with Crippen LogP contribution in [0.2, 0.25) is 0 Å². The van der Waals surface area contributed by atoms with Crippen LogP contribution in [-0.4, -0.2) is 53.1 Å². The zero-order chi connectivity index (χ0) is 17.8. The summed E-state index contributed by atoms with van der Waals surface area (Å²) in [7, 11) is -3.69. The average Bonchev–Trinajstić information content (AvgIpc) is 2.87. The van der Waals surface area contributed by atoms with Crippen LogP contribution in [0.3, 0.4) is 0 Å². The quantitative estimate of drug-likeness (QED) is 0.808. The van der Waals surface area contributed by atoms with Gasteiger partial charge in [-0.05, 0) is 37.6 Å². The maximum Gasteiger partial charge on any atom is 0.260 e. The van der Waals surface area contributed by atoms with E-state index in [-0.39, 0.29) is 30.1 Å². The fourth-order valence-corrected chi connectivity index (χ4v) is 4.71. The van der Waals surface area contributed by atoms with E-state index in [0.29, 0.717) is 17.8 Å². The number of hydrogen-bond donors (Lipinski definition) is 0. The fourth-order valence-electron chi connectivity index (χ4n) is 3.36. The number of carbonyl (C=O) groups is 1. The minimum absolute atomic E-state index is 0.0355. The van der Waals surface area contributed by atoms with Gasteiger partial charge in [0.05, 0.1) is 17.3 Å². The highest BCUT2D eigenvalue weighted by Gasteiger charge is 2.44. The number of hydrogen-bond acceptors (Lipinski definition) is 5. The van der Waals surface area contributed by atoms with Crippen molar-refractivity contribution in [1.29, 1.82) is 0 Å². The second-order valence-electron chi connectivity index (χ2n) is 6.44. The van der Waals surface area contributed by atoms with Crippen LogP contribution in [-0.2, 0) is 10.0 Å². The normalized spacial score (nSPS) is 20.5.